The lowest BCUT2D eigenvalue weighted by molar-refractivity contribution is 0.392. The summed E-state index contributed by atoms with van der Waals surface area (Å²) in [5.74, 6) is 2.70. The highest BCUT2D eigenvalue weighted by Gasteiger charge is 2.25. The van der Waals surface area contributed by atoms with Crippen LogP contribution >= 0.6 is 0 Å². The predicted octanol–water partition coefficient (Wildman–Crippen LogP) is 0.794. The SMILES string of the molecule is Cn1c(C2CCC2)nn2cc(CN)nc12. The average Bonchev–Trinajstić information content (AvgIpc) is 2.66. The Morgan fingerprint density at radius 3 is 2.87 bits per heavy atom. The molecule has 5 nitrogen and oxygen atoms in total. The first kappa shape index (κ1) is 8.91. The minimum atomic E-state index is 0.474. The van der Waals surface area contributed by atoms with Gasteiger partial charge in [-0.3, -0.25) is 4.57 Å². The highest BCUT2D eigenvalue weighted by molar-refractivity contribution is 5.33. The summed E-state index contributed by atoms with van der Waals surface area (Å²) in [4.78, 5) is 4.43. The van der Waals surface area contributed by atoms with E-state index in [2.05, 4.69) is 14.6 Å². The van der Waals surface area contributed by atoms with Crippen molar-refractivity contribution in [3.05, 3.63) is 17.7 Å². The minimum Gasteiger partial charge on any atom is -0.325 e. The van der Waals surface area contributed by atoms with Gasteiger partial charge in [-0.1, -0.05) is 6.42 Å². The summed E-state index contributed by atoms with van der Waals surface area (Å²) in [7, 11) is 2.03. The molecule has 0 saturated heterocycles. The number of hydrogen-bond donors (Lipinski definition) is 1. The summed E-state index contributed by atoms with van der Waals surface area (Å²) in [6.07, 6.45) is 5.76. The number of imidazole rings is 1. The number of rotatable bonds is 2. The van der Waals surface area contributed by atoms with Crippen molar-refractivity contribution in [2.45, 2.75) is 31.7 Å². The first-order valence-corrected chi connectivity index (χ1v) is 5.40. The van der Waals surface area contributed by atoms with Gasteiger partial charge in [-0.05, 0) is 12.8 Å². The normalized spacial score (nSPS) is 17.2. The summed E-state index contributed by atoms with van der Waals surface area (Å²) in [5, 5.41) is 4.56. The van der Waals surface area contributed by atoms with E-state index in [1.54, 1.807) is 0 Å². The summed E-state index contributed by atoms with van der Waals surface area (Å²) in [6.45, 7) is 0.474. The molecule has 0 aromatic carbocycles. The Kier molecular flexibility index (Phi) is 1.82. The maximum absolute atomic E-state index is 5.55. The van der Waals surface area contributed by atoms with Crippen LogP contribution in [0.5, 0.6) is 0 Å². The van der Waals surface area contributed by atoms with Crippen molar-refractivity contribution >= 4 is 5.78 Å². The molecular weight excluding hydrogens is 190 g/mol. The first-order valence-electron chi connectivity index (χ1n) is 5.40. The van der Waals surface area contributed by atoms with E-state index in [4.69, 9.17) is 5.73 Å². The maximum atomic E-state index is 5.55. The molecule has 2 aromatic rings. The lowest BCUT2D eigenvalue weighted by atomic mass is 9.85. The van der Waals surface area contributed by atoms with Crippen molar-refractivity contribution in [3.63, 3.8) is 0 Å². The fourth-order valence-electron chi connectivity index (χ4n) is 2.11. The molecule has 15 heavy (non-hydrogen) atoms. The van der Waals surface area contributed by atoms with Gasteiger partial charge in [0.1, 0.15) is 5.82 Å². The smallest absolute Gasteiger partial charge is 0.232 e. The van der Waals surface area contributed by atoms with E-state index in [1.165, 1.54) is 19.3 Å². The van der Waals surface area contributed by atoms with Gasteiger partial charge >= 0.3 is 0 Å². The van der Waals surface area contributed by atoms with E-state index < -0.39 is 0 Å². The second-order valence-corrected chi connectivity index (χ2v) is 4.23. The number of hydrogen-bond acceptors (Lipinski definition) is 3. The van der Waals surface area contributed by atoms with Gasteiger partial charge in [-0.15, -0.1) is 0 Å². The number of fused-ring (bicyclic) bond motifs is 1. The molecule has 0 atom stereocenters. The molecule has 2 heterocycles. The number of aryl methyl sites for hydroxylation is 1. The average molecular weight is 205 g/mol. The maximum Gasteiger partial charge on any atom is 0.232 e. The molecule has 80 valence electrons. The minimum absolute atomic E-state index is 0.474. The molecule has 0 amide bonds. The molecule has 3 rings (SSSR count). The van der Waals surface area contributed by atoms with Crippen LogP contribution in [-0.2, 0) is 13.6 Å². The van der Waals surface area contributed by atoms with Crippen LogP contribution in [0.25, 0.3) is 5.78 Å². The third-order valence-electron chi connectivity index (χ3n) is 3.25. The first-order chi connectivity index (χ1) is 7.29. The lowest BCUT2D eigenvalue weighted by Gasteiger charge is -2.23. The van der Waals surface area contributed by atoms with Gasteiger partial charge < -0.3 is 5.73 Å². The number of aromatic nitrogens is 4. The van der Waals surface area contributed by atoms with E-state index in [9.17, 15) is 0 Å². The molecule has 1 saturated carbocycles. The van der Waals surface area contributed by atoms with Crippen molar-refractivity contribution in [2.24, 2.45) is 12.8 Å². The molecule has 0 spiro atoms. The van der Waals surface area contributed by atoms with Gasteiger partial charge in [0, 0.05) is 19.5 Å². The Morgan fingerprint density at radius 1 is 1.53 bits per heavy atom. The van der Waals surface area contributed by atoms with Crippen LogP contribution in [0.15, 0.2) is 6.20 Å². The third kappa shape index (κ3) is 1.19. The van der Waals surface area contributed by atoms with Crippen LogP contribution in [0.3, 0.4) is 0 Å². The topological polar surface area (TPSA) is 61.1 Å². The van der Waals surface area contributed by atoms with Crippen molar-refractivity contribution < 1.29 is 0 Å². The van der Waals surface area contributed by atoms with Crippen molar-refractivity contribution in [1.82, 2.24) is 19.2 Å². The third-order valence-corrected chi connectivity index (χ3v) is 3.25. The second kappa shape index (κ2) is 3.06. The van der Waals surface area contributed by atoms with Gasteiger partial charge in [0.15, 0.2) is 0 Å². The summed E-state index contributed by atoms with van der Waals surface area (Å²) in [5.41, 5.74) is 6.44. The molecule has 1 fully saturated rings. The van der Waals surface area contributed by atoms with Gasteiger partial charge in [-0.2, -0.15) is 5.10 Å². The quantitative estimate of drug-likeness (QED) is 0.788. The van der Waals surface area contributed by atoms with E-state index in [1.807, 2.05) is 17.8 Å². The lowest BCUT2D eigenvalue weighted by Crippen LogP contribution is -2.14. The van der Waals surface area contributed by atoms with E-state index in [0.29, 0.717) is 12.5 Å². The van der Waals surface area contributed by atoms with Crippen LogP contribution in [0, 0.1) is 0 Å². The largest absolute Gasteiger partial charge is 0.325 e. The standard InChI is InChI=1S/C10H15N5/c1-14-9(7-3-2-4-7)13-15-6-8(5-11)12-10(14)15/h6-7H,2-5,11H2,1H3. The fourth-order valence-corrected chi connectivity index (χ4v) is 2.11. The molecular formula is C10H15N5. The molecule has 0 aliphatic heterocycles. The van der Waals surface area contributed by atoms with E-state index >= 15 is 0 Å². The van der Waals surface area contributed by atoms with E-state index in [-0.39, 0.29) is 0 Å². The molecule has 1 aliphatic carbocycles. The molecule has 1 aliphatic rings. The number of nitrogens with two attached hydrogens (primary N) is 1. The Bertz CT molecular complexity index is 491. The zero-order valence-electron chi connectivity index (χ0n) is 8.85. The van der Waals surface area contributed by atoms with Crippen LogP contribution in [0.4, 0.5) is 0 Å². The van der Waals surface area contributed by atoms with Crippen LogP contribution in [-0.4, -0.2) is 19.2 Å². The van der Waals surface area contributed by atoms with Gasteiger partial charge in [0.25, 0.3) is 0 Å². The number of nitrogens with zero attached hydrogens (tertiary/aromatic N) is 4. The zero-order valence-corrected chi connectivity index (χ0v) is 8.85. The Balaban J connectivity index is 2.09. The van der Waals surface area contributed by atoms with Gasteiger partial charge in [-0.25, -0.2) is 9.50 Å². The van der Waals surface area contributed by atoms with Crippen LogP contribution in [0.2, 0.25) is 0 Å². The van der Waals surface area contributed by atoms with Crippen molar-refractivity contribution in [1.29, 1.82) is 0 Å². The molecule has 2 aromatic heterocycles. The molecule has 2 N–H and O–H groups in total. The summed E-state index contributed by atoms with van der Waals surface area (Å²) >= 11 is 0. The fraction of sp³-hybridized carbons (Fsp3) is 0.600. The highest BCUT2D eigenvalue weighted by Crippen LogP contribution is 2.35. The van der Waals surface area contributed by atoms with Gasteiger partial charge in [0.2, 0.25) is 5.78 Å². The van der Waals surface area contributed by atoms with Crippen molar-refractivity contribution in [3.8, 4) is 0 Å². The van der Waals surface area contributed by atoms with E-state index in [0.717, 1.165) is 17.3 Å². The Morgan fingerprint density at radius 2 is 2.33 bits per heavy atom. The van der Waals surface area contributed by atoms with Gasteiger partial charge in [0.05, 0.1) is 11.9 Å². The summed E-state index contributed by atoms with van der Waals surface area (Å²) in [6, 6.07) is 0. The highest BCUT2D eigenvalue weighted by atomic mass is 15.4. The Hall–Kier alpha value is -1.36. The van der Waals surface area contributed by atoms with Crippen LogP contribution in [0.1, 0.15) is 36.7 Å². The molecule has 0 radical (unpaired) electrons. The molecule has 0 bridgehead atoms. The van der Waals surface area contributed by atoms with Crippen molar-refractivity contribution in [2.75, 3.05) is 0 Å². The molecule has 5 heteroatoms. The second-order valence-electron chi connectivity index (χ2n) is 4.23. The summed E-state index contributed by atoms with van der Waals surface area (Å²) < 4.78 is 3.93. The van der Waals surface area contributed by atoms with Crippen LogP contribution < -0.4 is 5.73 Å². The molecule has 0 unspecified atom stereocenters. The zero-order chi connectivity index (χ0) is 10.4. The monoisotopic (exact) mass is 205 g/mol. The Labute approximate surface area is 87.9 Å². The predicted molar refractivity (Wildman–Crippen MR) is 56.4 cm³/mol.